The van der Waals surface area contributed by atoms with Crippen molar-refractivity contribution in [3.8, 4) is 17.6 Å². The summed E-state index contributed by atoms with van der Waals surface area (Å²) in [5, 5.41) is 15.2. The van der Waals surface area contributed by atoms with Crippen LogP contribution in [0.15, 0.2) is 165 Å². The van der Waals surface area contributed by atoms with Crippen molar-refractivity contribution < 1.29 is 55.6 Å². The number of alkyl halides is 2. The van der Waals surface area contributed by atoms with Gasteiger partial charge in [0.1, 0.15) is 48.1 Å². The highest BCUT2D eigenvalue weighted by atomic mass is 31.2. The molecule has 2 amide bonds. The first-order chi connectivity index (χ1) is 40.6. The molecule has 2 aliphatic heterocycles. The van der Waals surface area contributed by atoms with E-state index in [2.05, 4.69) is 40.5 Å². The fourth-order valence-electron chi connectivity index (χ4n) is 10.1. The van der Waals surface area contributed by atoms with Crippen LogP contribution in [0.25, 0.3) is 22.3 Å². The number of methoxy groups -OCH3 is 2. The van der Waals surface area contributed by atoms with Crippen LogP contribution in [0.5, 0.6) is 11.5 Å². The standard InChI is InChI=1S/C59H54F2N11O10P/c1-4-43-50(46(61)58(79-43)72-35-68-48-52(64-33-66-54(48)72)70-56(74)37-17-10-6-11-18-37)82-83(77-30-14-29-62)78-31-44-49(45(60)57(80-44)71-34-67-47-51(63-32-65-53(47)71)69-55(73)36-15-8-5-9-16-36)81-59(38-19-12-7-13-20-38,39-21-25-41(75-2)26-22-39)40-23-27-42(76-3)28-24-40/h5-13,15-28,32-35,43-46,49-50,57-58H,4,14,30-31H2,1-3H3,(H,63,65,69,73)(H,64,66,70,74)/t43-,44-,45+,46+,49?,50?,57-,58-,83?/m1/s1. The van der Waals surface area contributed by atoms with E-state index >= 15 is 8.78 Å². The van der Waals surface area contributed by atoms with Crippen molar-refractivity contribution in [3.05, 3.63) is 193 Å². The number of rotatable bonds is 22. The van der Waals surface area contributed by atoms with Gasteiger partial charge in [0.15, 0.2) is 58.8 Å². The molecule has 2 N–H and O–H groups in total. The van der Waals surface area contributed by atoms with Crippen LogP contribution in [0.1, 0.15) is 69.6 Å². The summed E-state index contributed by atoms with van der Waals surface area (Å²) in [6.07, 6.45) is -6.42. The lowest BCUT2D eigenvalue weighted by Crippen LogP contribution is -2.44. The van der Waals surface area contributed by atoms with E-state index in [4.69, 9.17) is 37.3 Å². The van der Waals surface area contributed by atoms with Gasteiger partial charge in [-0.3, -0.25) is 18.7 Å². The van der Waals surface area contributed by atoms with Crippen molar-refractivity contribution in [2.75, 3.05) is 38.1 Å². The lowest BCUT2D eigenvalue weighted by molar-refractivity contribution is -0.104. The van der Waals surface area contributed by atoms with Gasteiger partial charge in [-0.2, -0.15) is 5.26 Å². The van der Waals surface area contributed by atoms with E-state index in [1.807, 2.05) is 60.7 Å². The van der Waals surface area contributed by atoms with E-state index in [9.17, 15) is 14.9 Å². The summed E-state index contributed by atoms with van der Waals surface area (Å²) < 4.78 is 89.2. The van der Waals surface area contributed by atoms with Crippen molar-refractivity contribution >= 4 is 54.4 Å². The Labute approximate surface area is 475 Å². The van der Waals surface area contributed by atoms with Gasteiger partial charge in [-0.05, 0) is 71.6 Å². The van der Waals surface area contributed by atoms with Crippen LogP contribution in [0.3, 0.4) is 0 Å². The van der Waals surface area contributed by atoms with Crippen LogP contribution < -0.4 is 20.1 Å². The molecule has 21 nitrogen and oxygen atoms in total. The van der Waals surface area contributed by atoms with Crippen molar-refractivity contribution in [1.29, 1.82) is 5.26 Å². The lowest BCUT2D eigenvalue weighted by atomic mass is 9.79. The van der Waals surface area contributed by atoms with E-state index in [0.29, 0.717) is 39.3 Å². The zero-order chi connectivity index (χ0) is 57.5. The topological polar surface area (TPSA) is 243 Å². The third-order valence-corrected chi connectivity index (χ3v) is 15.4. The lowest BCUT2D eigenvalue weighted by Gasteiger charge is -2.39. The molecule has 0 saturated carbocycles. The highest BCUT2D eigenvalue weighted by Gasteiger charge is 2.54. The average molecular weight is 1150 g/mol. The fraction of sp³-hybridized carbons (Fsp3) is 0.271. The Morgan fingerprint density at radius 3 is 1.58 bits per heavy atom. The van der Waals surface area contributed by atoms with Crippen molar-refractivity contribution in [3.63, 3.8) is 0 Å². The SMILES string of the molecule is CC[C@H]1O[C@@H](n2cnc3c(NC(=O)c4ccccc4)ncnc32)[C@@H](F)C1OP(OCCC#N)OC[C@H]1O[C@@H](n2cnc3c(NC(=O)c4ccccc4)ncnc32)[C@@H](F)C1OC(c1ccccc1)(c1ccc(OC)cc1)c1ccc(OC)cc1. The normalized spacial score (nSPS) is 20.9. The van der Waals surface area contributed by atoms with Crippen LogP contribution in [0, 0.1) is 11.3 Å². The first-order valence-corrected chi connectivity index (χ1v) is 27.5. The van der Waals surface area contributed by atoms with Crippen LogP contribution in [0.4, 0.5) is 20.4 Å². The minimum Gasteiger partial charge on any atom is -0.497 e. The van der Waals surface area contributed by atoms with Crippen molar-refractivity contribution in [2.45, 2.75) is 74.6 Å². The minimum absolute atomic E-state index is 0.0735. The first-order valence-electron chi connectivity index (χ1n) is 26.4. The van der Waals surface area contributed by atoms with Crippen molar-refractivity contribution in [2.24, 2.45) is 0 Å². The Kier molecular flexibility index (Phi) is 17.0. The molecule has 0 radical (unpaired) electrons. The zero-order valence-electron chi connectivity index (χ0n) is 44.8. The van der Waals surface area contributed by atoms with Gasteiger partial charge < -0.3 is 47.9 Å². The van der Waals surface area contributed by atoms with Crippen LogP contribution in [-0.2, 0) is 33.4 Å². The molecule has 2 fully saturated rings. The van der Waals surface area contributed by atoms with Crippen LogP contribution >= 0.6 is 8.60 Å². The summed E-state index contributed by atoms with van der Waals surface area (Å²) >= 11 is 0. The van der Waals surface area contributed by atoms with Crippen molar-refractivity contribution in [1.82, 2.24) is 39.0 Å². The average Bonchev–Trinajstić information content (AvgIpc) is 2.89. The molecule has 5 aromatic carbocycles. The predicted molar refractivity (Wildman–Crippen MR) is 298 cm³/mol. The number of carbonyl (C=O) groups is 2. The summed E-state index contributed by atoms with van der Waals surface area (Å²) in [4.78, 5) is 52.9. The second kappa shape index (κ2) is 25.2. The Morgan fingerprint density at radius 1 is 0.627 bits per heavy atom. The van der Waals surface area contributed by atoms with Gasteiger partial charge in [-0.15, -0.1) is 0 Å². The molecule has 83 heavy (non-hydrogen) atoms. The molecule has 9 atom stereocenters. The van der Waals surface area contributed by atoms with E-state index in [0.717, 1.165) is 0 Å². The molecule has 2 saturated heterocycles. The monoisotopic (exact) mass is 1150 g/mol. The minimum atomic E-state index is -2.57. The smallest absolute Gasteiger partial charge is 0.333 e. The molecule has 3 unspecified atom stereocenters. The predicted octanol–water partition coefficient (Wildman–Crippen LogP) is 10.0. The maximum absolute atomic E-state index is 18.4. The Hall–Kier alpha value is -8.72. The van der Waals surface area contributed by atoms with E-state index < -0.39 is 81.8 Å². The zero-order valence-corrected chi connectivity index (χ0v) is 45.7. The number of imidazole rings is 2. The number of amides is 2. The first kappa shape index (κ1) is 56.2. The number of nitrogens with one attached hydrogen (secondary N) is 2. The third kappa shape index (κ3) is 11.5. The molecule has 4 aromatic heterocycles. The second-order valence-electron chi connectivity index (χ2n) is 19.1. The molecule has 0 spiro atoms. The van der Waals surface area contributed by atoms with E-state index in [1.54, 1.807) is 106 Å². The molecule has 424 valence electrons. The molecular weight excluding hydrogens is 1090 g/mol. The molecule has 2 aliphatic rings. The number of aromatic nitrogens is 8. The van der Waals surface area contributed by atoms with Gasteiger partial charge in [-0.25, -0.2) is 38.7 Å². The molecule has 9 aromatic rings. The molecule has 24 heteroatoms. The summed E-state index contributed by atoms with van der Waals surface area (Å²) in [6, 6.07) is 42.9. The fourth-order valence-corrected chi connectivity index (χ4v) is 11.2. The van der Waals surface area contributed by atoms with E-state index in [-0.39, 0.29) is 53.4 Å². The Bertz CT molecular complexity index is 3670. The molecular formula is C59H54F2N11O10P. The van der Waals surface area contributed by atoms with Gasteiger partial charge in [-0.1, -0.05) is 97.9 Å². The highest BCUT2D eigenvalue weighted by molar-refractivity contribution is 7.41. The summed E-state index contributed by atoms with van der Waals surface area (Å²) in [7, 11) is 0.537. The molecule has 6 heterocycles. The number of carbonyl (C=O) groups excluding carboxylic acids is 2. The number of fused-ring (bicyclic) bond motifs is 2. The van der Waals surface area contributed by atoms with Crippen LogP contribution in [0.2, 0.25) is 0 Å². The summed E-state index contributed by atoms with van der Waals surface area (Å²) in [6.45, 7) is 1.15. The summed E-state index contributed by atoms with van der Waals surface area (Å²) in [5.74, 6) is 0.419. The van der Waals surface area contributed by atoms with Gasteiger partial charge in [0.25, 0.3) is 11.8 Å². The second-order valence-corrected chi connectivity index (χ2v) is 20.3. The largest absolute Gasteiger partial charge is 0.497 e. The number of nitriles is 1. The molecule has 0 bridgehead atoms. The third-order valence-electron chi connectivity index (χ3n) is 14.2. The summed E-state index contributed by atoms with van der Waals surface area (Å²) in [5.41, 5.74) is 1.64. The van der Waals surface area contributed by atoms with E-state index in [1.165, 1.54) is 34.4 Å². The number of hydrogen-bond donors (Lipinski definition) is 2. The maximum Gasteiger partial charge on any atom is 0.333 e. The van der Waals surface area contributed by atoms with Crippen LogP contribution in [-0.4, -0.2) is 115 Å². The van der Waals surface area contributed by atoms with Gasteiger partial charge in [0.2, 0.25) is 0 Å². The Morgan fingerprint density at radius 2 is 1.10 bits per heavy atom. The maximum atomic E-state index is 18.4. The number of nitrogens with zero attached hydrogens (tertiary/aromatic N) is 9. The molecule has 0 aliphatic carbocycles. The van der Waals surface area contributed by atoms with Gasteiger partial charge in [0, 0.05) is 11.1 Å². The van der Waals surface area contributed by atoms with Gasteiger partial charge in [0.05, 0.1) is 58.7 Å². The quantitative estimate of drug-likeness (QED) is 0.0364. The highest BCUT2D eigenvalue weighted by Crippen LogP contribution is 2.51. The number of ether oxygens (including phenoxy) is 5. The number of hydrogen-bond acceptors (Lipinski definition) is 17. The number of benzene rings is 5. The van der Waals surface area contributed by atoms with Gasteiger partial charge >= 0.3 is 8.60 Å². The molecule has 11 rings (SSSR count). The Balaban J connectivity index is 0.934. The number of anilines is 2. The number of halogens is 2.